The lowest BCUT2D eigenvalue weighted by Gasteiger charge is -2.27. The van der Waals surface area contributed by atoms with Crippen LogP contribution in [0.5, 0.6) is 0 Å². The zero-order valence-corrected chi connectivity index (χ0v) is 13.6. The molecule has 2 N–H and O–H groups in total. The first-order valence-corrected chi connectivity index (χ1v) is 7.86. The first-order valence-electron chi connectivity index (χ1n) is 6.98. The molecular weight excluding hydrogens is 286 g/mol. The molecule has 2 rings (SSSR count). The molecule has 2 aromatic heterocycles. The van der Waals surface area contributed by atoms with Crippen molar-refractivity contribution in [2.45, 2.75) is 39.8 Å². The molecule has 0 aliphatic heterocycles. The van der Waals surface area contributed by atoms with Crippen LogP contribution in [-0.2, 0) is 0 Å². The highest BCUT2D eigenvalue weighted by Crippen LogP contribution is 2.23. The molecule has 114 valence electrons. The van der Waals surface area contributed by atoms with Crippen LogP contribution in [0.2, 0.25) is 0 Å². The van der Waals surface area contributed by atoms with E-state index in [2.05, 4.69) is 9.97 Å². The SMILES string of the molecule is Cc1nc(-c2c[nH]c(C(=O)N(CC(C)O)C(C)C)c2)cs1. The average molecular weight is 307 g/mol. The van der Waals surface area contributed by atoms with Gasteiger partial charge in [-0.25, -0.2) is 4.98 Å². The average Bonchev–Trinajstić information content (AvgIpc) is 3.03. The van der Waals surface area contributed by atoms with Crippen LogP contribution in [0.25, 0.3) is 11.3 Å². The van der Waals surface area contributed by atoms with Crippen LogP contribution < -0.4 is 0 Å². The van der Waals surface area contributed by atoms with Crippen molar-refractivity contribution in [3.05, 3.63) is 28.3 Å². The number of rotatable bonds is 5. The van der Waals surface area contributed by atoms with Crippen molar-refractivity contribution in [1.29, 1.82) is 0 Å². The third kappa shape index (κ3) is 3.71. The van der Waals surface area contributed by atoms with E-state index >= 15 is 0 Å². The van der Waals surface area contributed by atoms with Crippen LogP contribution in [0.4, 0.5) is 0 Å². The van der Waals surface area contributed by atoms with Crippen LogP contribution in [-0.4, -0.2) is 44.6 Å². The molecule has 0 radical (unpaired) electrons. The Labute approximate surface area is 128 Å². The molecule has 0 fully saturated rings. The number of aromatic amines is 1. The largest absolute Gasteiger partial charge is 0.392 e. The van der Waals surface area contributed by atoms with Gasteiger partial charge in [-0.05, 0) is 33.8 Å². The quantitative estimate of drug-likeness (QED) is 0.892. The molecule has 0 aliphatic carbocycles. The smallest absolute Gasteiger partial charge is 0.270 e. The Hall–Kier alpha value is -1.66. The Morgan fingerprint density at radius 1 is 1.48 bits per heavy atom. The molecule has 0 aliphatic rings. The summed E-state index contributed by atoms with van der Waals surface area (Å²) < 4.78 is 0. The number of H-pyrrole nitrogens is 1. The minimum atomic E-state index is -0.549. The van der Waals surface area contributed by atoms with E-state index in [4.69, 9.17) is 0 Å². The van der Waals surface area contributed by atoms with Gasteiger partial charge in [0.05, 0.1) is 16.8 Å². The van der Waals surface area contributed by atoms with Gasteiger partial charge in [-0.2, -0.15) is 0 Å². The van der Waals surface area contributed by atoms with E-state index in [0.717, 1.165) is 16.3 Å². The third-order valence-electron chi connectivity index (χ3n) is 3.17. The standard InChI is InChI=1S/C15H21N3O2S/c1-9(2)18(7-10(3)19)15(20)13-5-12(6-16-13)14-8-21-11(4)17-14/h5-6,8-10,16,19H,7H2,1-4H3. The van der Waals surface area contributed by atoms with Gasteiger partial charge < -0.3 is 15.0 Å². The van der Waals surface area contributed by atoms with Crippen LogP contribution in [0.3, 0.4) is 0 Å². The Morgan fingerprint density at radius 2 is 2.19 bits per heavy atom. The molecule has 0 saturated heterocycles. The van der Waals surface area contributed by atoms with Gasteiger partial charge in [0.25, 0.3) is 5.91 Å². The molecule has 21 heavy (non-hydrogen) atoms. The first kappa shape index (κ1) is 15.7. The zero-order valence-electron chi connectivity index (χ0n) is 12.8. The second-order valence-corrected chi connectivity index (χ2v) is 6.52. The summed E-state index contributed by atoms with van der Waals surface area (Å²) in [7, 11) is 0. The number of carbonyl (C=O) groups is 1. The summed E-state index contributed by atoms with van der Waals surface area (Å²) in [6.45, 7) is 7.83. The van der Waals surface area contributed by atoms with E-state index in [9.17, 15) is 9.90 Å². The van der Waals surface area contributed by atoms with Crippen LogP contribution >= 0.6 is 11.3 Å². The summed E-state index contributed by atoms with van der Waals surface area (Å²) in [5.74, 6) is -0.107. The summed E-state index contributed by atoms with van der Waals surface area (Å²) in [4.78, 5) is 21.6. The summed E-state index contributed by atoms with van der Waals surface area (Å²) in [5.41, 5.74) is 2.30. The van der Waals surface area contributed by atoms with E-state index in [1.165, 1.54) is 0 Å². The van der Waals surface area contributed by atoms with Gasteiger partial charge in [0.15, 0.2) is 0 Å². The lowest BCUT2D eigenvalue weighted by Crippen LogP contribution is -2.41. The number of nitrogens with one attached hydrogen (secondary N) is 1. The van der Waals surface area contributed by atoms with Gasteiger partial charge in [0, 0.05) is 29.7 Å². The number of amides is 1. The monoisotopic (exact) mass is 307 g/mol. The summed E-state index contributed by atoms with van der Waals surface area (Å²) in [6.07, 6.45) is 1.25. The van der Waals surface area contributed by atoms with Crippen LogP contribution in [0.15, 0.2) is 17.6 Å². The van der Waals surface area contributed by atoms with Crippen molar-refractivity contribution in [2.75, 3.05) is 6.54 Å². The van der Waals surface area contributed by atoms with Crippen molar-refractivity contribution in [2.24, 2.45) is 0 Å². The number of hydrogen-bond acceptors (Lipinski definition) is 4. The fourth-order valence-electron chi connectivity index (χ4n) is 2.13. The molecule has 0 saturated carbocycles. The Balaban J connectivity index is 2.21. The third-order valence-corrected chi connectivity index (χ3v) is 3.95. The normalized spacial score (nSPS) is 12.7. The van der Waals surface area contributed by atoms with Crippen molar-refractivity contribution in [3.63, 3.8) is 0 Å². The fraction of sp³-hybridized carbons (Fsp3) is 0.467. The molecule has 2 heterocycles. The highest BCUT2D eigenvalue weighted by atomic mass is 32.1. The van der Waals surface area contributed by atoms with Gasteiger partial charge >= 0.3 is 0 Å². The fourth-order valence-corrected chi connectivity index (χ4v) is 2.75. The predicted octanol–water partition coefficient (Wildman–Crippen LogP) is 2.68. The van der Waals surface area contributed by atoms with E-state index in [1.807, 2.05) is 32.2 Å². The number of nitrogens with zero attached hydrogens (tertiary/aromatic N) is 2. The topological polar surface area (TPSA) is 69.2 Å². The van der Waals surface area contributed by atoms with E-state index in [0.29, 0.717) is 12.2 Å². The summed E-state index contributed by atoms with van der Waals surface area (Å²) >= 11 is 1.58. The second-order valence-electron chi connectivity index (χ2n) is 5.45. The van der Waals surface area contributed by atoms with Gasteiger partial charge in [0.2, 0.25) is 0 Å². The van der Waals surface area contributed by atoms with E-state index in [1.54, 1.807) is 29.4 Å². The Bertz CT molecular complexity index is 616. The number of thiazole rings is 1. The molecule has 0 aromatic carbocycles. The minimum Gasteiger partial charge on any atom is -0.392 e. The molecular formula is C15H21N3O2S. The number of aliphatic hydroxyl groups is 1. The van der Waals surface area contributed by atoms with Crippen molar-refractivity contribution in [3.8, 4) is 11.3 Å². The lowest BCUT2D eigenvalue weighted by atomic mass is 10.2. The zero-order chi connectivity index (χ0) is 15.6. The summed E-state index contributed by atoms with van der Waals surface area (Å²) in [5, 5.41) is 12.5. The van der Waals surface area contributed by atoms with Crippen LogP contribution in [0, 0.1) is 6.92 Å². The van der Waals surface area contributed by atoms with E-state index < -0.39 is 6.10 Å². The van der Waals surface area contributed by atoms with Gasteiger partial charge in [0.1, 0.15) is 5.69 Å². The van der Waals surface area contributed by atoms with Gasteiger partial charge in [-0.3, -0.25) is 4.79 Å². The molecule has 1 unspecified atom stereocenters. The Kier molecular flexibility index (Phi) is 4.80. The van der Waals surface area contributed by atoms with Gasteiger partial charge in [-0.1, -0.05) is 0 Å². The van der Waals surface area contributed by atoms with Crippen molar-refractivity contribution < 1.29 is 9.90 Å². The molecule has 0 bridgehead atoms. The number of aryl methyl sites for hydroxylation is 1. The maximum absolute atomic E-state index is 12.5. The number of aliphatic hydroxyl groups excluding tert-OH is 1. The Morgan fingerprint density at radius 3 is 2.71 bits per heavy atom. The number of carbonyl (C=O) groups excluding carboxylic acids is 1. The molecule has 6 heteroatoms. The second kappa shape index (κ2) is 6.41. The highest BCUT2D eigenvalue weighted by molar-refractivity contribution is 7.09. The maximum Gasteiger partial charge on any atom is 0.270 e. The molecule has 1 amide bonds. The molecule has 1 atom stereocenters. The highest BCUT2D eigenvalue weighted by Gasteiger charge is 2.22. The van der Waals surface area contributed by atoms with Crippen LogP contribution in [0.1, 0.15) is 36.3 Å². The predicted molar refractivity (Wildman–Crippen MR) is 84.5 cm³/mol. The van der Waals surface area contributed by atoms with Crippen molar-refractivity contribution >= 4 is 17.2 Å². The molecule has 0 spiro atoms. The summed E-state index contributed by atoms with van der Waals surface area (Å²) in [6, 6.07) is 1.84. The first-order chi connectivity index (χ1) is 9.88. The molecule has 2 aromatic rings. The molecule has 5 nitrogen and oxygen atoms in total. The minimum absolute atomic E-state index is 0.0281. The number of hydrogen-bond donors (Lipinski definition) is 2. The van der Waals surface area contributed by atoms with Gasteiger partial charge in [-0.15, -0.1) is 11.3 Å². The lowest BCUT2D eigenvalue weighted by molar-refractivity contribution is 0.0574. The number of aromatic nitrogens is 2. The van der Waals surface area contributed by atoms with Crippen molar-refractivity contribution in [1.82, 2.24) is 14.9 Å². The van der Waals surface area contributed by atoms with E-state index in [-0.39, 0.29) is 11.9 Å². The maximum atomic E-state index is 12.5.